The first-order valence-electron chi connectivity index (χ1n) is 13.0. The van der Waals surface area contributed by atoms with E-state index in [4.69, 9.17) is 0 Å². The average Bonchev–Trinajstić information content (AvgIpc) is 2.70. The lowest BCUT2D eigenvalue weighted by Crippen LogP contribution is -2.50. The van der Waals surface area contributed by atoms with Crippen LogP contribution in [-0.4, -0.2) is 22.2 Å². The van der Waals surface area contributed by atoms with Gasteiger partial charge in [-0.1, -0.05) is 6.07 Å². The molecule has 0 heterocycles. The van der Waals surface area contributed by atoms with Crippen molar-refractivity contribution in [3.05, 3.63) is 34.4 Å². The molecule has 0 saturated heterocycles. The first kappa shape index (κ1) is 19.6. The second-order valence-corrected chi connectivity index (χ2v) is 12.9. The van der Waals surface area contributed by atoms with Gasteiger partial charge in [0.15, 0.2) is 0 Å². The number of carboxylic acids is 2. The van der Waals surface area contributed by atoms with Gasteiger partial charge in [-0.3, -0.25) is 0 Å². The summed E-state index contributed by atoms with van der Waals surface area (Å²) in [5.74, 6) is 2.46. The predicted molar refractivity (Wildman–Crippen MR) is 120 cm³/mol. The van der Waals surface area contributed by atoms with Gasteiger partial charge in [0.1, 0.15) is 0 Å². The minimum absolute atomic E-state index is 0.0451. The van der Waals surface area contributed by atoms with Crippen molar-refractivity contribution in [2.45, 2.75) is 87.9 Å². The smallest absolute Gasteiger partial charge is 0.336 e. The monoisotopic (exact) mass is 434 g/mol. The summed E-state index contributed by atoms with van der Waals surface area (Å²) in [5, 5.41) is 20.4. The Balaban J connectivity index is 1.42. The van der Waals surface area contributed by atoms with Crippen molar-refractivity contribution in [1.82, 2.24) is 0 Å². The lowest BCUT2D eigenvalue weighted by molar-refractivity contribution is -0.00921. The molecule has 2 N–H and O–H groups in total. The largest absolute Gasteiger partial charge is 0.478 e. The molecule has 8 fully saturated rings. The summed E-state index contributed by atoms with van der Waals surface area (Å²) in [5.41, 5.74) is 2.46. The van der Waals surface area contributed by atoms with Crippen molar-refractivity contribution < 1.29 is 19.8 Å². The van der Waals surface area contributed by atoms with Gasteiger partial charge in [0.05, 0.1) is 11.1 Å². The van der Waals surface area contributed by atoms with E-state index < -0.39 is 11.9 Å². The lowest BCUT2D eigenvalue weighted by Gasteiger charge is -2.59. The van der Waals surface area contributed by atoms with Gasteiger partial charge in [-0.05, 0) is 141 Å². The van der Waals surface area contributed by atoms with E-state index in [2.05, 4.69) is 6.07 Å². The Labute approximate surface area is 189 Å². The number of hydrogen-bond acceptors (Lipinski definition) is 2. The molecular weight excluding hydrogens is 400 g/mol. The van der Waals surface area contributed by atoms with Crippen molar-refractivity contribution in [1.29, 1.82) is 0 Å². The second-order valence-electron chi connectivity index (χ2n) is 12.9. The highest BCUT2D eigenvalue weighted by Crippen LogP contribution is 2.64. The maximum absolute atomic E-state index is 12.5. The molecule has 9 rings (SSSR count). The van der Waals surface area contributed by atoms with Crippen molar-refractivity contribution in [2.24, 2.45) is 35.5 Å². The number of carbonyl (C=O) groups is 2. The average molecular weight is 435 g/mol. The highest BCUT2D eigenvalue weighted by Gasteiger charge is 2.55. The summed E-state index contributed by atoms with van der Waals surface area (Å²) >= 11 is 0. The van der Waals surface area contributed by atoms with Crippen LogP contribution in [0.25, 0.3) is 0 Å². The van der Waals surface area contributed by atoms with E-state index in [1.54, 1.807) is 6.07 Å². The Morgan fingerprint density at radius 3 is 1.09 bits per heavy atom. The molecule has 0 amide bonds. The van der Waals surface area contributed by atoms with Crippen molar-refractivity contribution in [3.8, 4) is 0 Å². The maximum Gasteiger partial charge on any atom is 0.336 e. The fourth-order valence-electron chi connectivity index (χ4n) is 10.7. The number of hydrogen-bond donors (Lipinski definition) is 2. The fraction of sp³-hybridized carbons (Fsp3) is 0.714. The molecule has 1 aromatic carbocycles. The van der Waals surface area contributed by atoms with Gasteiger partial charge >= 0.3 is 11.9 Å². The minimum Gasteiger partial charge on any atom is -0.478 e. The summed E-state index contributed by atoms with van der Waals surface area (Å²) in [6.45, 7) is 0. The third-order valence-electron chi connectivity index (χ3n) is 10.8. The SMILES string of the molecule is O=C(O)c1cc(C(=O)O)c(C23CC4CC(CC(C4)C2)C3)cc1C12CC3CC(CC(C3)C1)C2. The Bertz CT molecular complexity index is 873. The fourth-order valence-corrected chi connectivity index (χ4v) is 10.7. The van der Waals surface area contributed by atoms with Crippen LogP contribution < -0.4 is 0 Å². The van der Waals surface area contributed by atoms with Crippen molar-refractivity contribution >= 4 is 11.9 Å². The topological polar surface area (TPSA) is 74.6 Å². The normalized spacial score (nSPS) is 45.4. The summed E-state index contributed by atoms with van der Waals surface area (Å²) in [4.78, 5) is 24.9. The lowest BCUT2D eigenvalue weighted by atomic mass is 9.46. The summed E-state index contributed by atoms with van der Waals surface area (Å²) in [6.07, 6.45) is 14.5. The molecule has 0 aliphatic heterocycles. The Kier molecular flexibility index (Phi) is 3.92. The first-order chi connectivity index (χ1) is 15.3. The molecule has 0 radical (unpaired) electrons. The molecular formula is C28H34O4. The molecule has 8 aliphatic carbocycles. The Morgan fingerprint density at radius 1 is 0.562 bits per heavy atom. The van der Waals surface area contributed by atoms with Crippen molar-refractivity contribution in [3.63, 3.8) is 0 Å². The molecule has 4 nitrogen and oxygen atoms in total. The second kappa shape index (κ2) is 6.39. The highest BCUT2D eigenvalue weighted by atomic mass is 16.4. The first-order valence-corrected chi connectivity index (χ1v) is 13.0. The number of carboxylic acid groups (broad SMARTS) is 2. The Hall–Kier alpha value is -1.84. The molecule has 32 heavy (non-hydrogen) atoms. The van der Waals surface area contributed by atoms with Gasteiger partial charge in [0.2, 0.25) is 0 Å². The molecule has 170 valence electrons. The predicted octanol–water partition coefficient (Wildman–Crippen LogP) is 6.02. The zero-order chi connectivity index (χ0) is 21.8. The third-order valence-corrected chi connectivity index (χ3v) is 10.8. The van der Waals surface area contributed by atoms with Crippen LogP contribution in [0.5, 0.6) is 0 Å². The van der Waals surface area contributed by atoms with E-state index in [1.807, 2.05) is 0 Å². The third kappa shape index (κ3) is 2.67. The van der Waals surface area contributed by atoms with E-state index in [0.29, 0.717) is 0 Å². The van der Waals surface area contributed by atoms with Gasteiger partial charge in [-0.25, -0.2) is 9.59 Å². The number of benzene rings is 1. The van der Waals surface area contributed by atoms with E-state index in [1.165, 1.54) is 38.5 Å². The van der Waals surface area contributed by atoms with Crippen LogP contribution >= 0.6 is 0 Å². The van der Waals surface area contributed by atoms with E-state index in [-0.39, 0.29) is 22.0 Å². The van der Waals surface area contributed by atoms with E-state index in [9.17, 15) is 19.8 Å². The molecule has 8 bridgehead atoms. The van der Waals surface area contributed by atoms with Gasteiger partial charge in [-0.2, -0.15) is 0 Å². The van der Waals surface area contributed by atoms with Gasteiger partial charge in [0.25, 0.3) is 0 Å². The van der Waals surface area contributed by atoms with Crippen LogP contribution in [0.15, 0.2) is 12.1 Å². The molecule has 0 atom stereocenters. The van der Waals surface area contributed by atoms with Gasteiger partial charge in [0, 0.05) is 0 Å². The number of aromatic carboxylic acids is 2. The molecule has 1 aromatic rings. The zero-order valence-corrected chi connectivity index (χ0v) is 18.8. The highest BCUT2D eigenvalue weighted by molar-refractivity contribution is 5.96. The van der Waals surface area contributed by atoms with Crippen LogP contribution in [-0.2, 0) is 10.8 Å². The summed E-state index contributed by atoms with van der Waals surface area (Å²) < 4.78 is 0. The summed E-state index contributed by atoms with van der Waals surface area (Å²) in [6, 6.07) is 3.74. The quantitative estimate of drug-likeness (QED) is 0.608. The van der Waals surface area contributed by atoms with Crippen LogP contribution in [0.4, 0.5) is 0 Å². The van der Waals surface area contributed by atoms with Gasteiger partial charge < -0.3 is 10.2 Å². The molecule has 0 unspecified atom stereocenters. The van der Waals surface area contributed by atoms with Crippen LogP contribution in [0, 0.1) is 35.5 Å². The molecule has 8 aliphatic rings. The number of rotatable bonds is 4. The van der Waals surface area contributed by atoms with Crippen LogP contribution in [0.3, 0.4) is 0 Å². The zero-order valence-electron chi connectivity index (χ0n) is 18.8. The van der Waals surface area contributed by atoms with Crippen LogP contribution in [0.1, 0.15) is 109 Å². The molecule has 0 aromatic heterocycles. The maximum atomic E-state index is 12.5. The molecule has 4 heteroatoms. The summed E-state index contributed by atoms with van der Waals surface area (Å²) in [7, 11) is 0. The van der Waals surface area contributed by atoms with Crippen LogP contribution in [0.2, 0.25) is 0 Å². The Morgan fingerprint density at radius 2 is 0.844 bits per heavy atom. The van der Waals surface area contributed by atoms with E-state index in [0.717, 1.165) is 85.2 Å². The van der Waals surface area contributed by atoms with Crippen molar-refractivity contribution in [2.75, 3.05) is 0 Å². The molecule has 0 spiro atoms. The van der Waals surface area contributed by atoms with E-state index >= 15 is 0 Å². The van der Waals surface area contributed by atoms with Gasteiger partial charge in [-0.15, -0.1) is 0 Å². The molecule has 8 saturated carbocycles. The standard InChI is InChI=1S/C28H34O4/c29-25(30)21-7-22(26(31)32)24(28-12-18-4-19(13-28)6-20(5-18)14-28)8-23(21)27-9-15-1-16(10-27)3-17(2-15)11-27/h7-8,15-20H,1-6,9-14H2,(H,29,30)(H,31,32). The minimum atomic E-state index is -0.949.